The topological polar surface area (TPSA) is 52.6 Å². The number of ketones is 1. The SMILES string of the molecule is Cc1ccc(OS(=O)OCC(C)(C)C(=O)c2ccccc2)cc1. The molecule has 4 nitrogen and oxygen atoms in total. The minimum absolute atomic E-state index is 0.000794. The minimum Gasteiger partial charge on any atom is -0.380 e. The van der Waals surface area contributed by atoms with E-state index < -0.39 is 16.8 Å². The lowest BCUT2D eigenvalue weighted by Gasteiger charge is -2.22. The lowest BCUT2D eigenvalue weighted by molar-refractivity contribution is 0.0758. The maximum Gasteiger partial charge on any atom is 0.360 e. The fourth-order valence-corrected chi connectivity index (χ4v) is 2.64. The van der Waals surface area contributed by atoms with E-state index in [0.29, 0.717) is 11.3 Å². The van der Waals surface area contributed by atoms with Crippen molar-refractivity contribution >= 4 is 17.1 Å². The second-order valence-corrected chi connectivity index (χ2v) is 6.75. The quantitative estimate of drug-likeness (QED) is 0.722. The maximum atomic E-state index is 12.5. The number of aryl methyl sites for hydroxylation is 1. The van der Waals surface area contributed by atoms with Gasteiger partial charge in [0.2, 0.25) is 0 Å². The number of Topliss-reactive ketones (excluding diaryl/α,β-unsaturated/α-hetero) is 1. The number of benzene rings is 2. The maximum absolute atomic E-state index is 12.5. The Morgan fingerprint density at radius 3 is 2.26 bits per heavy atom. The molecule has 2 aromatic carbocycles. The van der Waals surface area contributed by atoms with Crippen molar-refractivity contribution in [2.75, 3.05) is 6.61 Å². The average molecular weight is 332 g/mol. The van der Waals surface area contributed by atoms with E-state index in [0.717, 1.165) is 5.56 Å². The molecular weight excluding hydrogens is 312 g/mol. The van der Waals surface area contributed by atoms with Gasteiger partial charge >= 0.3 is 11.4 Å². The summed E-state index contributed by atoms with van der Waals surface area (Å²) < 4.78 is 22.3. The van der Waals surface area contributed by atoms with Gasteiger partial charge < -0.3 is 4.18 Å². The Balaban J connectivity index is 1.92. The predicted octanol–water partition coefficient (Wildman–Crippen LogP) is 3.88. The van der Waals surface area contributed by atoms with Crippen molar-refractivity contribution in [1.29, 1.82) is 0 Å². The van der Waals surface area contributed by atoms with E-state index in [1.807, 2.05) is 37.3 Å². The van der Waals surface area contributed by atoms with Crippen LogP contribution in [-0.2, 0) is 15.5 Å². The molecular formula is C18H20O4S. The zero-order chi connectivity index (χ0) is 16.9. The highest BCUT2D eigenvalue weighted by molar-refractivity contribution is 7.75. The first kappa shape index (κ1) is 17.4. The van der Waals surface area contributed by atoms with Gasteiger partial charge in [0.1, 0.15) is 5.75 Å². The van der Waals surface area contributed by atoms with Gasteiger partial charge in [-0.2, -0.15) is 4.21 Å². The zero-order valence-electron chi connectivity index (χ0n) is 13.4. The Morgan fingerprint density at radius 2 is 1.65 bits per heavy atom. The molecule has 0 aromatic heterocycles. The van der Waals surface area contributed by atoms with Gasteiger partial charge in [-0.25, -0.2) is 0 Å². The van der Waals surface area contributed by atoms with Gasteiger partial charge in [0, 0.05) is 5.56 Å². The molecule has 2 rings (SSSR count). The average Bonchev–Trinajstić information content (AvgIpc) is 2.55. The van der Waals surface area contributed by atoms with Crippen molar-refractivity contribution in [2.45, 2.75) is 20.8 Å². The summed E-state index contributed by atoms with van der Waals surface area (Å²) in [7, 11) is 0. The van der Waals surface area contributed by atoms with Crippen LogP contribution in [0.15, 0.2) is 54.6 Å². The third-order valence-electron chi connectivity index (χ3n) is 3.35. The molecule has 0 aliphatic carbocycles. The molecule has 5 heteroatoms. The van der Waals surface area contributed by atoms with Crippen LogP contribution in [-0.4, -0.2) is 16.6 Å². The highest BCUT2D eigenvalue weighted by Gasteiger charge is 2.30. The van der Waals surface area contributed by atoms with Gasteiger partial charge in [0.05, 0.1) is 12.0 Å². The molecule has 0 aliphatic heterocycles. The molecule has 0 spiro atoms. The smallest absolute Gasteiger partial charge is 0.360 e. The Labute approximate surface area is 139 Å². The van der Waals surface area contributed by atoms with Crippen molar-refractivity contribution in [1.82, 2.24) is 0 Å². The molecule has 0 heterocycles. The Hall–Kier alpha value is -1.98. The molecule has 0 amide bonds. The van der Waals surface area contributed by atoms with Crippen molar-refractivity contribution in [2.24, 2.45) is 5.41 Å². The molecule has 0 N–H and O–H groups in total. The number of carbonyl (C=O) groups is 1. The van der Waals surface area contributed by atoms with Crippen LogP contribution >= 0.6 is 0 Å². The fraction of sp³-hybridized carbons (Fsp3) is 0.278. The number of carbonyl (C=O) groups excluding carboxylic acids is 1. The van der Waals surface area contributed by atoms with E-state index in [4.69, 9.17) is 8.37 Å². The molecule has 0 saturated carbocycles. The number of rotatable bonds is 7. The summed E-state index contributed by atoms with van der Waals surface area (Å²) in [5, 5.41) is 0. The largest absolute Gasteiger partial charge is 0.380 e. The van der Waals surface area contributed by atoms with E-state index >= 15 is 0 Å². The summed E-state index contributed by atoms with van der Waals surface area (Å²) in [6.07, 6.45) is 0. The molecule has 2 aromatic rings. The first-order valence-corrected chi connectivity index (χ1v) is 8.28. The summed E-state index contributed by atoms with van der Waals surface area (Å²) in [6.45, 7) is 5.46. The molecule has 0 saturated heterocycles. The van der Waals surface area contributed by atoms with E-state index in [9.17, 15) is 9.00 Å². The second-order valence-electron chi connectivity index (χ2n) is 5.94. The molecule has 23 heavy (non-hydrogen) atoms. The summed E-state index contributed by atoms with van der Waals surface area (Å²) in [5.74, 6) is 0.395. The van der Waals surface area contributed by atoms with Crippen LogP contribution in [0.2, 0.25) is 0 Å². The fourth-order valence-electron chi connectivity index (χ4n) is 1.94. The van der Waals surface area contributed by atoms with Gasteiger partial charge in [0.15, 0.2) is 5.78 Å². The summed E-state index contributed by atoms with van der Waals surface area (Å²) >= 11 is -1.95. The Bertz CT molecular complexity index is 678. The lowest BCUT2D eigenvalue weighted by Crippen LogP contribution is -2.30. The van der Waals surface area contributed by atoms with Crippen LogP contribution in [0.1, 0.15) is 29.8 Å². The van der Waals surface area contributed by atoms with Crippen LogP contribution in [0.5, 0.6) is 5.75 Å². The van der Waals surface area contributed by atoms with Crippen molar-refractivity contribution in [3.63, 3.8) is 0 Å². The van der Waals surface area contributed by atoms with Gasteiger partial charge in [-0.05, 0) is 19.1 Å². The van der Waals surface area contributed by atoms with Gasteiger partial charge in [-0.15, -0.1) is 0 Å². The van der Waals surface area contributed by atoms with Crippen molar-refractivity contribution < 1.29 is 17.4 Å². The molecule has 0 fully saturated rings. The molecule has 0 aliphatic rings. The number of hydrogen-bond acceptors (Lipinski definition) is 4. The first-order chi connectivity index (χ1) is 10.9. The molecule has 1 unspecified atom stereocenters. The van der Waals surface area contributed by atoms with Crippen LogP contribution in [0, 0.1) is 12.3 Å². The minimum atomic E-state index is -1.95. The summed E-state index contributed by atoms with van der Waals surface area (Å²) in [6, 6.07) is 16.1. The molecule has 0 radical (unpaired) electrons. The number of hydrogen-bond donors (Lipinski definition) is 0. The van der Waals surface area contributed by atoms with Crippen LogP contribution in [0.25, 0.3) is 0 Å². The summed E-state index contributed by atoms with van der Waals surface area (Å²) in [4.78, 5) is 12.5. The zero-order valence-corrected chi connectivity index (χ0v) is 14.3. The Kier molecular flexibility index (Phi) is 5.69. The highest BCUT2D eigenvalue weighted by Crippen LogP contribution is 2.23. The monoisotopic (exact) mass is 332 g/mol. The second kappa shape index (κ2) is 7.53. The molecule has 1 atom stereocenters. The van der Waals surface area contributed by atoms with Crippen LogP contribution < -0.4 is 4.18 Å². The first-order valence-electron chi connectivity index (χ1n) is 7.28. The van der Waals surface area contributed by atoms with E-state index in [1.54, 1.807) is 38.1 Å². The van der Waals surface area contributed by atoms with Crippen molar-refractivity contribution in [3.05, 3.63) is 65.7 Å². The van der Waals surface area contributed by atoms with Crippen LogP contribution in [0.3, 0.4) is 0 Å². The normalized spacial score (nSPS) is 12.7. The van der Waals surface area contributed by atoms with Gasteiger partial charge in [-0.1, -0.05) is 61.9 Å². The van der Waals surface area contributed by atoms with Gasteiger partial charge in [-0.3, -0.25) is 8.98 Å². The molecule has 122 valence electrons. The van der Waals surface area contributed by atoms with E-state index in [2.05, 4.69) is 0 Å². The highest BCUT2D eigenvalue weighted by atomic mass is 32.2. The van der Waals surface area contributed by atoms with E-state index in [-0.39, 0.29) is 12.4 Å². The predicted molar refractivity (Wildman–Crippen MR) is 90.5 cm³/mol. The lowest BCUT2D eigenvalue weighted by atomic mass is 9.85. The molecule has 0 bridgehead atoms. The van der Waals surface area contributed by atoms with Gasteiger partial charge in [0.25, 0.3) is 0 Å². The Morgan fingerprint density at radius 1 is 1.04 bits per heavy atom. The summed E-state index contributed by atoms with van der Waals surface area (Å²) in [5.41, 5.74) is 0.887. The third-order valence-corrected chi connectivity index (χ3v) is 3.99. The van der Waals surface area contributed by atoms with Crippen LogP contribution in [0.4, 0.5) is 0 Å². The third kappa shape index (κ3) is 5.01. The van der Waals surface area contributed by atoms with Crippen molar-refractivity contribution in [3.8, 4) is 5.75 Å². The standard InChI is InChI=1S/C18H20O4S/c1-14-9-11-16(12-10-14)22-23(20)21-13-18(2,3)17(19)15-7-5-4-6-8-15/h4-12H,13H2,1-3H3. The van der Waals surface area contributed by atoms with E-state index in [1.165, 1.54) is 0 Å².